The fourth-order valence-electron chi connectivity index (χ4n) is 1.64. The molecule has 0 aromatic rings. The zero-order valence-corrected chi connectivity index (χ0v) is 12.4. The first-order valence-corrected chi connectivity index (χ1v) is 8.23. The highest BCUT2D eigenvalue weighted by molar-refractivity contribution is 7.89. The summed E-state index contributed by atoms with van der Waals surface area (Å²) in [5.41, 5.74) is 0. The van der Waals surface area contributed by atoms with Crippen LogP contribution in [0.1, 0.15) is 47.0 Å². The van der Waals surface area contributed by atoms with Gasteiger partial charge in [-0.05, 0) is 25.8 Å². The average molecular weight is 264 g/mol. The second kappa shape index (κ2) is 8.89. The Balaban J connectivity index is 3.80. The smallest absolute Gasteiger partial charge is 0.213 e. The molecule has 2 N–H and O–H groups in total. The van der Waals surface area contributed by atoms with Crippen LogP contribution < -0.4 is 10.0 Å². The fourth-order valence-corrected chi connectivity index (χ4v) is 2.90. The predicted octanol–water partition coefficient (Wildman–Crippen LogP) is 1.73. The van der Waals surface area contributed by atoms with Crippen LogP contribution in [0.3, 0.4) is 0 Å². The molecule has 104 valence electrons. The van der Waals surface area contributed by atoms with Gasteiger partial charge in [0.25, 0.3) is 0 Å². The Bertz CT molecular complexity index is 276. The van der Waals surface area contributed by atoms with Crippen molar-refractivity contribution in [2.75, 3.05) is 18.8 Å². The molecule has 0 amide bonds. The van der Waals surface area contributed by atoms with Crippen LogP contribution in [0.25, 0.3) is 0 Å². The summed E-state index contributed by atoms with van der Waals surface area (Å²) in [6.45, 7) is 9.60. The Kier molecular flexibility index (Phi) is 8.82. The first kappa shape index (κ1) is 16.9. The minimum absolute atomic E-state index is 0.0420. The minimum atomic E-state index is -3.12. The van der Waals surface area contributed by atoms with Crippen LogP contribution >= 0.6 is 0 Å². The third kappa shape index (κ3) is 10.7. The molecule has 1 unspecified atom stereocenters. The van der Waals surface area contributed by atoms with Gasteiger partial charge in [0.1, 0.15) is 0 Å². The highest BCUT2D eigenvalue weighted by Gasteiger charge is 2.13. The molecule has 1 atom stereocenters. The predicted molar refractivity (Wildman–Crippen MR) is 73.6 cm³/mol. The highest BCUT2D eigenvalue weighted by atomic mass is 32.2. The molecule has 0 bridgehead atoms. The van der Waals surface area contributed by atoms with Crippen LogP contribution in [-0.2, 0) is 10.0 Å². The SMILES string of the molecule is CCNCCS(=O)(=O)NC(C)CCCC(C)C. The summed E-state index contributed by atoms with van der Waals surface area (Å²) >= 11 is 0. The number of rotatable bonds is 10. The van der Waals surface area contributed by atoms with Crippen molar-refractivity contribution >= 4 is 10.0 Å². The molecule has 0 aliphatic heterocycles. The van der Waals surface area contributed by atoms with E-state index in [1.54, 1.807) is 0 Å². The maximum Gasteiger partial charge on any atom is 0.213 e. The van der Waals surface area contributed by atoms with Crippen LogP contribution in [0.15, 0.2) is 0 Å². The van der Waals surface area contributed by atoms with Crippen molar-refractivity contribution in [1.29, 1.82) is 0 Å². The van der Waals surface area contributed by atoms with Gasteiger partial charge in [-0.3, -0.25) is 0 Å². The molecule has 5 heteroatoms. The Morgan fingerprint density at radius 1 is 1.12 bits per heavy atom. The van der Waals surface area contributed by atoms with Crippen LogP contribution in [-0.4, -0.2) is 33.3 Å². The number of nitrogens with one attached hydrogen (secondary N) is 2. The Labute approximate surface area is 107 Å². The molecule has 0 saturated carbocycles. The van der Waals surface area contributed by atoms with E-state index in [4.69, 9.17) is 0 Å². The summed E-state index contributed by atoms with van der Waals surface area (Å²) < 4.78 is 26.0. The summed E-state index contributed by atoms with van der Waals surface area (Å²) in [5.74, 6) is 0.850. The van der Waals surface area contributed by atoms with Crippen molar-refractivity contribution < 1.29 is 8.42 Å². The maximum absolute atomic E-state index is 11.7. The monoisotopic (exact) mass is 264 g/mol. The third-order valence-corrected chi connectivity index (χ3v) is 4.10. The topological polar surface area (TPSA) is 58.2 Å². The minimum Gasteiger partial charge on any atom is -0.316 e. The molecule has 0 saturated heterocycles. The van der Waals surface area contributed by atoms with Crippen LogP contribution in [0.2, 0.25) is 0 Å². The lowest BCUT2D eigenvalue weighted by Crippen LogP contribution is -2.37. The fraction of sp³-hybridized carbons (Fsp3) is 1.00. The molecule has 0 heterocycles. The maximum atomic E-state index is 11.7. The van der Waals surface area contributed by atoms with E-state index >= 15 is 0 Å². The van der Waals surface area contributed by atoms with E-state index < -0.39 is 10.0 Å². The van der Waals surface area contributed by atoms with E-state index in [2.05, 4.69) is 23.9 Å². The molecule has 0 rings (SSSR count). The zero-order chi connectivity index (χ0) is 13.3. The van der Waals surface area contributed by atoms with Crippen molar-refractivity contribution in [3.63, 3.8) is 0 Å². The second-order valence-corrected chi connectivity index (χ2v) is 6.89. The number of hydrogen-bond acceptors (Lipinski definition) is 3. The summed E-state index contributed by atoms with van der Waals surface area (Å²) in [7, 11) is -3.12. The van der Waals surface area contributed by atoms with Gasteiger partial charge >= 0.3 is 0 Å². The first-order valence-electron chi connectivity index (χ1n) is 6.58. The summed E-state index contributed by atoms with van der Waals surface area (Å²) in [6, 6.07) is 0.0420. The van der Waals surface area contributed by atoms with Crippen LogP contribution in [0.5, 0.6) is 0 Å². The Morgan fingerprint density at radius 2 is 1.76 bits per heavy atom. The van der Waals surface area contributed by atoms with Gasteiger partial charge in [0.15, 0.2) is 0 Å². The lowest BCUT2D eigenvalue weighted by molar-refractivity contribution is 0.488. The van der Waals surface area contributed by atoms with Gasteiger partial charge in [0, 0.05) is 12.6 Å². The molecule has 0 fully saturated rings. The zero-order valence-electron chi connectivity index (χ0n) is 11.6. The molecule has 0 aromatic carbocycles. The third-order valence-electron chi connectivity index (χ3n) is 2.60. The Hall–Kier alpha value is -0.130. The van der Waals surface area contributed by atoms with E-state index in [1.165, 1.54) is 0 Å². The molecule has 0 spiro atoms. The van der Waals surface area contributed by atoms with Gasteiger partial charge in [0.2, 0.25) is 10.0 Å². The summed E-state index contributed by atoms with van der Waals surface area (Å²) in [4.78, 5) is 0. The molecule has 0 aliphatic carbocycles. The normalized spacial score (nSPS) is 14.2. The second-order valence-electron chi connectivity index (χ2n) is 5.02. The van der Waals surface area contributed by atoms with Crippen LogP contribution in [0, 0.1) is 5.92 Å². The first-order chi connectivity index (χ1) is 7.87. The van der Waals surface area contributed by atoms with E-state index in [-0.39, 0.29) is 11.8 Å². The van der Waals surface area contributed by atoms with Crippen LogP contribution in [0.4, 0.5) is 0 Å². The van der Waals surface area contributed by atoms with Gasteiger partial charge in [-0.25, -0.2) is 13.1 Å². The van der Waals surface area contributed by atoms with E-state index in [1.807, 2.05) is 13.8 Å². The van der Waals surface area contributed by atoms with Gasteiger partial charge in [0.05, 0.1) is 5.75 Å². The lowest BCUT2D eigenvalue weighted by atomic mass is 10.0. The van der Waals surface area contributed by atoms with Crippen molar-refractivity contribution in [1.82, 2.24) is 10.0 Å². The van der Waals surface area contributed by atoms with E-state index in [9.17, 15) is 8.42 Å². The molecule has 4 nitrogen and oxygen atoms in total. The van der Waals surface area contributed by atoms with E-state index in [0.29, 0.717) is 12.5 Å². The van der Waals surface area contributed by atoms with Crippen molar-refractivity contribution in [3.8, 4) is 0 Å². The largest absolute Gasteiger partial charge is 0.316 e. The Morgan fingerprint density at radius 3 is 2.29 bits per heavy atom. The van der Waals surface area contributed by atoms with Crippen molar-refractivity contribution in [3.05, 3.63) is 0 Å². The lowest BCUT2D eigenvalue weighted by Gasteiger charge is -2.14. The van der Waals surface area contributed by atoms with E-state index in [0.717, 1.165) is 25.8 Å². The van der Waals surface area contributed by atoms with Gasteiger partial charge < -0.3 is 5.32 Å². The van der Waals surface area contributed by atoms with Gasteiger partial charge in [-0.1, -0.05) is 33.6 Å². The highest BCUT2D eigenvalue weighted by Crippen LogP contribution is 2.08. The quantitative estimate of drug-likeness (QED) is 0.591. The molecule has 0 aromatic heterocycles. The molecular formula is C12H28N2O2S. The standard InChI is InChI=1S/C12H28N2O2S/c1-5-13-9-10-17(15,16)14-12(4)8-6-7-11(2)3/h11-14H,5-10H2,1-4H3. The molecule has 17 heavy (non-hydrogen) atoms. The average Bonchev–Trinajstić information content (AvgIpc) is 2.16. The van der Waals surface area contributed by atoms with Crippen molar-refractivity contribution in [2.45, 2.75) is 53.0 Å². The molecule has 0 radical (unpaired) electrons. The van der Waals surface area contributed by atoms with Gasteiger partial charge in [-0.2, -0.15) is 0 Å². The number of sulfonamides is 1. The van der Waals surface area contributed by atoms with Gasteiger partial charge in [-0.15, -0.1) is 0 Å². The summed E-state index contributed by atoms with van der Waals surface area (Å²) in [5, 5.41) is 3.02. The summed E-state index contributed by atoms with van der Waals surface area (Å²) in [6.07, 6.45) is 3.15. The van der Waals surface area contributed by atoms with Crippen molar-refractivity contribution in [2.24, 2.45) is 5.92 Å². The number of hydrogen-bond donors (Lipinski definition) is 2. The molecule has 0 aliphatic rings. The molecular weight excluding hydrogens is 236 g/mol.